The molecule has 1 aliphatic rings. The van der Waals surface area contributed by atoms with E-state index in [4.69, 9.17) is 0 Å². The lowest BCUT2D eigenvalue weighted by Crippen LogP contribution is -2.35. The van der Waals surface area contributed by atoms with Crippen LogP contribution in [-0.4, -0.2) is 23.3 Å². The minimum atomic E-state index is -0.163. The Bertz CT molecular complexity index is 363. The predicted molar refractivity (Wildman–Crippen MR) is 75.9 cm³/mol. The summed E-state index contributed by atoms with van der Waals surface area (Å²) in [5.41, 5.74) is 1.05. The Labute approximate surface area is 119 Å². The highest BCUT2D eigenvalue weighted by molar-refractivity contribution is 9.10. The van der Waals surface area contributed by atoms with Gasteiger partial charge >= 0.3 is 0 Å². The summed E-state index contributed by atoms with van der Waals surface area (Å²) in [6, 6.07) is 5.13. The zero-order valence-corrected chi connectivity index (χ0v) is 12.8. The first-order chi connectivity index (χ1) is 8.17. The molecule has 0 N–H and O–H groups in total. The number of nitrogens with zero attached hydrogens (tertiary/aromatic N) is 1. The standard InChI is InChI=1S/C13H16Br2FN/c14-7-10-2-1-3-17(8-10)9-11-4-12(15)6-13(16)5-11/h4-6,10H,1-3,7-9H2. The number of piperidine rings is 1. The van der Waals surface area contributed by atoms with E-state index in [0.717, 1.165) is 40.9 Å². The molecule has 1 nitrogen and oxygen atoms in total. The first kappa shape index (κ1) is 13.5. The van der Waals surface area contributed by atoms with Crippen molar-refractivity contribution in [2.75, 3.05) is 18.4 Å². The SMILES string of the molecule is Fc1cc(Br)cc(CN2CCCC(CBr)C2)c1. The quantitative estimate of drug-likeness (QED) is 0.726. The molecule has 0 saturated carbocycles. The van der Waals surface area contributed by atoms with Crippen molar-refractivity contribution < 1.29 is 4.39 Å². The molecule has 0 bridgehead atoms. The van der Waals surface area contributed by atoms with Gasteiger partial charge in [-0.05, 0) is 49.1 Å². The third-order valence-electron chi connectivity index (χ3n) is 3.15. The molecule has 0 aromatic heterocycles. The molecule has 94 valence electrons. The van der Waals surface area contributed by atoms with Crippen LogP contribution in [0.2, 0.25) is 0 Å². The van der Waals surface area contributed by atoms with Crippen LogP contribution in [0, 0.1) is 11.7 Å². The van der Waals surface area contributed by atoms with Gasteiger partial charge in [-0.15, -0.1) is 0 Å². The zero-order valence-electron chi connectivity index (χ0n) is 9.63. The number of halogens is 3. The van der Waals surface area contributed by atoms with Crippen LogP contribution < -0.4 is 0 Å². The largest absolute Gasteiger partial charge is 0.299 e. The van der Waals surface area contributed by atoms with Gasteiger partial charge < -0.3 is 0 Å². The molecule has 0 aliphatic carbocycles. The van der Waals surface area contributed by atoms with Gasteiger partial charge in [-0.3, -0.25) is 4.90 Å². The molecule has 2 rings (SSSR count). The molecular formula is C13H16Br2FN. The van der Waals surface area contributed by atoms with Crippen LogP contribution >= 0.6 is 31.9 Å². The van der Waals surface area contributed by atoms with Crippen LogP contribution in [0.5, 0.6) is 0 Å². The second-order valence-electron chi connectivity index (χ2n) is 4.68. The minimum absolute atomic E-state index is 0.163. The lowest BCUT2D eigenvalue weighted by atomic mass is 10.00. The van der Waals surface area contributed by atoms with Crippen LogP contribution in [0.3, 0.4) is 0 Å². The van der Waals surface area contributed by atoms with E-state index >= 15 is 0 Å². The molecule has 4 heteroatoms. The molecule has 0 radical (unpaired) electrons. The molecule has 1 saturated heterocycles. The molecule has 1 aliphatic heterocycles. The monoisotopic (exact) mass is 363 g/mol. The van der Waals surface area contributed by atoms with Crippen molar-refractivity contribution in [3.63, 3.8) is 0 Å². The maximum Gasteiger partial charge on any atom is 0.124 e. The van der Waals surface area contributed by atoms with Crippen LogP contribution in [0.15, 0.2) is 22.7 Å². The number of benzene rings is 1. The molecule has 17 heavy (non-hydrogen) atoms. The summed E-state index contributed by atoms with van der Waals surface area (Å²) < 4.78 is 14.1. The fraction of sp³-hybridized carbons (Fsp3) is 0.538. The van der Waals surface area contributed by atoms with Crippen molar-refractivity contribution in [2.24, 2.45) is 5.92 Å². The van der Waals surface area contributed by atoms with Crippen LogP contribution in [-0.2, 0) is 6.54 Å². The molecule has 1 atom stereocenters. The van der Waals surface area contributed by atoms with Gasteiger partial charge in [-0.1, -0.05) is 31.9 Å². The minimum Gasteiger partial charge on any atom is -0.299 e. The first-order valence-corrected chi connectivity index (χ1v) is 7.82. The average molecular weight is 365 g/mol. The Kier molecular flexibility index (Phi) is 5.00. The maximum absolute atomic E-state index is 13.3. The van der Waals surface area contributed by atoms with Crippen LogP contribution in [0.25, 0.3) is 0 Å². The second-order valence-corrected chi connectivity index (χ2v) is 6.24. The summed E-state index contributed by atoms with van der Waals surface area (Å²) in [5, 5.41) is 1.07. The Morgan fingerprint density at radius 3 is 2.88 bits per heavy atom. The van der Waals surface area contributed by atoms with Crippen LogP contribution in [0.1, 0.15) is 18.4 Å². The van der Waals surface area contributed by atoms with Crippen LogP contribution in [0.4, 0.5) is 4.39 Å². The molecule has 1 fully saturated rings. The Balaban J connectivity index is 2.00. The Morgan fingerprint density at radius 2 is 2.18 bits per heavy atom. The van der Waals surface area contributed by atoms with Gasteiger partial charge in [-0.2, -0.15) is 0 Å². The molecule has 1 unspecified atom stereocenters. The molecule has 1 heterocycles. The summed E-state index contributed by atoms with van der Waals surface area (Å²) in [7, 11) is 0. The molecule has 1 aromatic carbocycles. The first-order valence-electron chi connectivity index (χ1n) is 5.90. The zero-order chi connectivity index (χ0) is 12.3. The van der Waals surface area contributed by atoms with Crippen molar-refractivity contribution in [1.82, 2.24) is 4.90 Å². The normalized spacial score (nSPS) is 21.7. The van der Waals surface area contributed by atoms with Gasteiger partial charge in [0, 0.05) is 22.9 Å². The fourth-order valence-corrected chi connectivity index (χ4v) is 3.42. The Hall–Kier alpha value is 0.0700. The third kappa shape index (κ3) is 4.04. The Morgan fingerprint density at radius 1 is 1.35 bits per heavy atom. The van der Waals surface area contributed by atoms with Gasteiger partial charge in [0.05, 0.1) is 0 Å². The number of alkyl halides is 1. The van der Waals surface area contributed by atoms with Crippen molar-refractivity contribution >= 4 is 31.9 Å². The smallest absolute Gasteiger partial charge is 0.124 e. The number of hydrogen-bond donors (Lipinski definition) is 0. The summed E-state index contributed by atoms with van der Waals surface area (Å²) in [6.45, 7) is 3.08. The van der Waals surface area contributed by atoms with E-state index in [1.807, 2.05) is 6.07 Å². The highest BCUT2D eigenvalue weighted by atomic mass is 79.9. The topological polar surface area (TPSA) is 3.24 Å². The van der Waals surface area contributed by atoms with Crippen molar-refractivity contribution in [3.05, 3.63) is 34.1 Å². The number of rotatable bonds is 3. The van der Waals surface area contributed by atoms with E-state index in [-0.39, 0.29) is 5.82 Å². The molecular weight excluding hydrogens is 349 g/mol. The number of likely N-dealkylation sites (tertiary alicyclic amines) is 1. The molecule has 1 aromatic rings. The van der Waals surface area contributed by atoms with E-state index in [0.29, 0.717) is 0 Å². The summed E-state index contributed by atoms with van der Waals surface area (Å²) in [5.74, 6) is 0.573. The van der Waals surface area contributed by atoms with Gasteiger partial charge in [0.15, 0.2) is 0 Å². The lowest BCUT2D eigenvalue weighted by Gasteiger charge is -2.31. The van der Waals surface area contributed by atoms with E-state index in [9.17, 15) is 4.39 Å². The van der Waals surface area contributed by atoms with Gasteiger partial charge in [0.2, 0.25) is 0 Å². The highest BCUT2D eigenvalue weighted by Gasteiger charge is 2.19. The number of hydrogen-bond acceptors (Lipinski definition) is 1. The van der Waals surface area contributed by atoms with E-state index in [1.54, 1.807) is 6.07 Å². The molecule has 0 amide bonds. The predicted octanol–water partition coefficient (Wildman–Crippen LogP) is 4.20. The van der Waals surface area contributed by atoms with Gasteiger partial charge in [-0.25, -0.2) is 4.39 Å². The third-order valence-corrected chi connectivity index (χ3v) is 4.52. The average Bonchev–Trinajstić information content (AvgIpc) is 2.28. The van der Waals surface area contributed by atoms with E-state index in [1.165, 1.54) is 18.9 Å². The van der Waals surface area contributed by atoms with Crippen molar-refractivity contribution in [1.29, 1.82) is 0 Å². The summed E-state index contributed by atoms with van der Waals surface area (Å²) in [4.78, 5) is 2.41. The molecule has 0 spiro atoms. The van der Waals surface area contributed by atoms with Gasteiger partial charge in [0.25, 0.3) is 0 Å². The van der Waals surface area contributed by atoms with Crippen molar-refractivity contribution in [3.8, 4) is 0 Å². The lowest BCUT2D eigenvalue weighted by molar-refractivity contribution is 0.179. The summed E-state index contributed by atoms with van der Waals surface area (Å²) in [6.07, 6.45) is 2.54. The van der Waals surface area contributed by atoms with Crippen molar-refractivity contribution in [2.45, 2.75) is 19.4 Å². The summed E-state index contributed by atoms with van der Waals surface area (Å²) >= 11 is 6.89. The second kappa shape index (κ2) is 6.30. The maximum atomic E-state index is 13.3. The van der Waals surface area contributed by atoms with E-state index < -0.39 is 0 Å². The van der Waals surface area contributed by atoms with E-state index in [2.05, 4.69) is 36.8 Å². The highest BCUT2D eigenvalue weighted by Crippen LogP contribution is 2.22. The fourth-order valence-electron chi connectivity index (χ4n) is 2.38. The van der Waals surface area contributed by atoms with Gasteiger partial charge in [0.1, 0.15) is 5.82 Å².